The van der Waals surface area contributed by atoms with Crippen molar-refractivity contribution in [3.05, 3.63) is 47.8 Å². The van der Waals surface area contributed by atoms with E-state index in [1.807, 2.05) is 42.1 Å². The van der Waals surface area contributed by atoms with Gasteiger partial charge in [-0.15, -0.1) is 0 Å². The van der Waals surface area contributed by atoms with Crippen LogP contribution in [0.1, 0.15) is 17.5 Å². The lowest BCUT2D eigenvalue weighted by molar-refractivity contribution is 0.290. The monoisotopic (exact) mass is 270 g/mol. The van der Waals surface area contributed by atoms with Gasteiger partial charge >= 0.3 is 0 Å². The molecule has 4 nitrogen and oxygen atoms in total. The van der Waals surface area contributed by atoms with Crippen molar-refractivity contribution in [3.63, 3.8) is 0 Å². The number of ether oxygens (including phenoxy) is 1. The molecule has 0 bridgehead atoms. The molecule has 2 aromatic rings. The standard InChI is InChI=1S/C16H18N2O2/c1-14-6-7-16(15(13-14)5-2-3-11-19)20-12-10-18-9-4-8-17-18/h4,6-9,13,19H,3,10-12H2,1H3. The van der Waals surface area contributed by atoms with Gasteiger partial charge in [-0.05, 0) is 30.7 Å². The molecule has 0 fully saturated rings. The molecule has 0 unspecified atom stereocenters. The number of hydrogen-bond acceptors (Lipinski definition) is 3. The molecule has 0 atom stereocenters. The summed E-state index contributed by atoms with van der Waals surface area (Å²) in [5.74, 6) is 6.74. The highest BCUT2D eigenvalue weighted by Crippen LogP contribution is 2.19. The smallest absolute Gasteiger partial charge is 0.135 e. The zero-order valence-corrected chi connectivity index (χ0v) is 11.5. The van der Waals surface area contributed by atoms with Gasteiger partial charge in [-0.3, -0.25) is 4.68 Å². The lowest BCUT2D eigenvalue weighted by Crippen LogP contribution is -2.09. The molecule has 1 N–H and O–H groups in total. The number of benzene rings is 1. The number of hydrogen-bond donors (Lipinski definition) is 1. The van der Waals surface area contributed by atoms with Crippen LogP contribution in [0.4, 0.5) is 0 Å². The van der Waals surface area contributed by atoms with Gasteiger partial charge in [0.25, 0.3) is 0 Å². The average molecular weight is 270 g/mol. The maximum Gasteiger partial charge on any atom is 0.135 e. The molecule has 0 saturated carbocycles. The van der Waals surface area contributed by atoms with Crippen molar-refractivity contribution in [2.24, 2.45) is 0 Å². The van der Waals surface area contributed by atoms with Gasteiger partial charge in [0.05, 0.1) is 18.7 Å². The van der Waals surface area contributed by atoms with Gasteiger partial charge in [-0.1, -0.05) is 17.9 Å². The first-order chi connectivity index (χ1) is 9.79. The first kappa shape index (κ1) is 14.2. The van der Waals surface area contributed by atoms with E-state index in [4.69, 9.17) is 9.84 Å². The summed E-state index contributed by atoms with van der Waals surface area (Å²) in [5, 5.41) is 12.9. The summed E-state index contributed by atoms with van der Waals surface area (Å²) in [6.07, 6.45) is 4.12. The highest BCUT2D eigenvalue weighted by Gasteiger charge is 2.02. The third-order valence-electron chi connectivity index (χ3n) is 2.73. The maximum atomic E-state index is 8.77. The van der Waals surface area contributed by atoms with Crippen molar-refractivity contribution in [1.82, 2.24) is 9.78 Å². The number of aryl methyl sites for hydroxylation is 1. The van der Waals surface area contributed by atoms with Crippen LogP contribution < -0.4 is 4.74 Å². The molecular formula is C16H18N2O2. The van der Waals surface area contributed by atoms with Crippen molar-refractivity contribution in [1.29, 1.82) is 0 Å². The number of aliphatic hydroxyl groups is 1. The van der Waals surface area contributed by atoms with Crippen molar-refractivity contribution in [2.45, 2.75) is 19.9 Å². The van der Waals surface area contributed by atoms with E-state index in [0.29, 0.717) is 19.6 Å². The van der Waals surface area contributed by atoms with Crippen molar-refractivity contribution >= 4 is 0 Å². The first-order valence-electron chi connectivity index (χ1n) is 6.60. The fraction of sp³-hybridized carbons (Fsp3) is 0.312. The SMILES string of the molecule is Cc1ccc(OCCn2cccn2)c(C#CCCO)c1. The molecule has 0 aliphatic rings. The molecule has 0 radical (unpaired) electrons. The van der Waals surface area contributed by atoms with Crippen LogP contribution >= 0.6 is 0 Å². The summed E-state index contributed by atoms with van der Waals surface area (Å²) in [5.41, 5.74) is 2.00. The second kappa shape index (κ2) is 7.37. The second-order valence-electron chi connectivity index (χ2n) is 4.39. The Kier molecular flexibility index (Phi) is 5.22. The Labute approximate surface area is 119 Å². The van der Waals surface area contributed by atoms with E-state index < -0.39 is 0 Å². The third-order valence-corrected chi connectivity index (χ3v) is 2.73. The van der Waals surface area contributed by atoms with E-state index in [2.05, 4.69) is 16.9 Å². The van der Waals surface area contributed by atoms with Crippen LogP contribution in [0.5, 0.6) is 5.75 Å². The largest absolute Gasteiger partial charge is 0.490 e. The molecule has 0 aliphatic heterocycles. The zero-order chi connectivity index (χ0) is 14.2. The highest BCUT2D eigenvalue weighted by molar-refractivity contribution is 5.48. The van der Waals surface area contributed by atoms with Crippen molar-refractivity contribution < 1.29 is 9.84 Å². The Morgan fingerprint density at radius 3 is 3.05 bits per heavy atom. The zero-order valence-electron chi connectivity index (χ0n) is 11.5. The molecule has 0 spiro atoms. The Morgan fingerprint density at radius 1 is 1.40 bits per heavy atom. The molecular weight excluding hydrogens is 252 g/mol. The van der Waals surface area contributed by atoms with E-state index in [1.165, 1.54) is 0 Å². The molecule has 104 valence electrons. The van der Waals surface area contributed by atoms with Crippen molar-refractivity contribution in [3.8, 4) is 17.6 Å². The fourth-order valence-corrected chi connectivity index (χ4v) is 1.76. The predicted molar refractivity (Wildman–Crippen MR) is 77.5 cm³/mol. The summed E-state index contributed by atoms with van der Waals surface area (Å²) in [4.78, 5) is 0. The Bertz CT molecular complexity index is 595. The molecule has 1 aromatic heterocycles. The minimum absolute atomic E-state index is 0.0777. The quantitative estimate of drug-likeness (QED) is 0.845. The summed E-state index contributed by atoms with van der Waals surface area (Å²) >= 11 is 0. The first-order valence-corrected chi connectivity index (χ1v) is 6.60. The van der Waals surface area contributed by atoms with Gasteiger partial charge in [0.15, 0.2) is 0 Å². The van der Waals surface area contributed by atoms with Crippen molar-refractivity contribution in [2.75, 3.05) is 13.2 Å². The minimum atomic E-state index is 0.0777. The van der Waals surface area contributed by atoms with Gasteiger partial charge in [-0.2, -0.15) is 5.10 Å². The topological polar surface area (TPSA) is 47.3 Å². The minimum Gasteiger partial charge on any atom is -0.490 e. The number of rotatable bonds is 5. The molecule has 1 aromatic carbocycles. The average Bonchev–Trinajstić information content (AvgIpc) is 2.95. The summed E-state index contributed by atoms with van der Waals surface area (Å²) in [6, 6.07) is 7.81. The predicted octanol–water partition coefficient (Wildman–Crippen LogP) is 2.00. The summed E-state index contributed by atoms with van der Waals surface area (Å²) in [7, 11) is 0. The van der Waals surface area contributed by atoms with Crippen LogP contribution in [-0.2, 0) is 6.54 Å². The lowest BCUT2D eigenvalue weighted by atomic mass is 10.1. The van der Waals surface area contributed by atoms with Crippen LogP contribution in [-0.4, -0.2) is 28.1 Å². The summed E-state index contributed by atoms with van der Waals surface area (Å²) in [6.45, 7) is 3.34. The molecule has 0 aliphatic carbocycles. The van der Waals surface area contributed by atoms with Crippen LogP contribution in [0.2, 0.25) is 0 Å². The van der Waals surface area contributed by atoms with Gasteiger partial charge < -0.3 is 9.84 Å². The van der Waals surface area contributed by atoms with Gasteiger partial charge in [-0.25, -0.2) is 0 Å². The molecule has 0 saturated heterocycles. The van der Waals surface area contributed by atoms with Crippen LogP contribution in [0.25, 0.3) is 0 Å². The molecule has 1 heterocycles. The van der Waals surface area contributed by atoms with Gasteiger partial charge in [0, 0.05) is 18.8 Å². The fourth-order valence-electron chi connectivity index (χ4n) is 1.76. The molecule has 20 heavy (non-hydrogen) atoms. The normalized spacial score (nSPS) is 9.90. The maximum absolute atomic E-state index is 8.77. The van der Waals surface area contributed by atoms with E-state index in [9.17, 15) is 0 Å². The van der Waals surface area contributed by atoms with Gasteiger partial charge in [0.1, 0.15) is 12.4 Å². The molecule has 2 rings (SSSR count). The van der Waals surface area contributed by atoms with E-state index in [1.54, 1.807) is 6.20 Å². The molecule has 0 amide bonds. The Morgan fingerprint density at radius 2 is 2.30 bits per heavy atom. The number of nitrogens with zero attached hydrogens (tertiary/aromatic N) is 2. The van der Waals surface area contributed by atoms with Gasteiger partial charge in [0.2, 0.25) is 0 Å². The Hall–Kier alpha value is -2.25. The van der Waals surface area contributed by atoms with Crippen LogP contribution in [0, 0.1) is 18.8 Å². The van der Waals surface area contributed by atoms with E-state index in [0.717, 1.165) is 16.9 Å². The summed E-state index contributed by atoms with van der Waals surface area (Å²) < 4.78 is 7.60. The molecule has 4 heteroatoms. The van der Waals surface area contributed by atoms with Crippen LogP contribution in [0.3, 0.4) is 0 Å². The third kappa shape index (κ3) is 4.15. The van der Waals surface area contributed by atoms with Crippen LogP contribution in [0.15, 0.2) is 36.7 Å². The van der Waals surface area contributed by atoms with E-state index >= 15 is 0 Å². The highest BCUT2D eigenvalue weighted by atomic mass is 16.5. The van der Waals surface area contributed by atoms with E-state index in [-0.39, 0.29) is 6.61 Å². The second-order valence-corrected chi connectivity index (χ2v) is 4.39. The number of aromatic nitrogens is 2. The lowest BCUT2D eigenvalue weighted by Gasteiger charge is -2.09. The number of aliphatic hydroxyl groups excluding tert-OH is 1. The Balaban J connectivity index is 2.01.